The van der Waals surface area contributed by atoms with E-state index in [1.54, 1.807) is 0 Å². The van der Waals surface area contributed by atoms with Crippen LogP contribution in [0.25, 0.3) is 0 Å². The maximum absolute atomic E-state index is 10.8. The van der Waals surface area contributed by atoms with Crippen LogP contribution in [0.2, 0.25) is 0 Å². The Labute approximate surface area is 128 Å². The maximum atomic E-state index is 10.8. The molecule has 0 aromatic heterocycles. The Bertz CT molecular complexity index is 372. The quantitative estimate of drug-likeness (QED) is 0.599. The van der Waals surface area contributed by atoms with Crippen LogP contribution in [0.15, 0.2) is 24.3 Å². The average molecular weight is 348 g/mol. The summed E-state index contributed by atoms with van der Waals surface area (Å²) in [7, 11) is 0. The zero-order valence-corrected chi connectivity index (χ0v) is 13.2. The summed E-state index contributed by atoms with van der Waals surface area (Å²) in [6.07, 6.45) is 15.5. The summed E-state index contributed by atoms with van der Waals surface area (Å²) in [6, 6.07) is 0. The van der Waals surface area contributed by atoms with Crippen LogP contribution in [0.4, 0.5) is 0 Å². The summed E-state index contributed by atoms with van der Waals surface area (Å²) in [5, 5.41) is 8.02. The van der Waals surface area contributed by atoms with Gasteiger partial charge < -0.3 is 5.11 Å². The second-order valence-electron chi connectivity index (χ2n) is 5.59. The molecular weight excluding hydrogens is 328 g/mol. The number of alkyl halides is 2. The minimum absolute atomic E-state index is 0.0328. The highest BCUT2D eigenvalue weighted by Crippen LogP contribution is 2.43. The minimum atomic E-state index is -0.938. The van der Waals surface area contributed by atoms with Crippen LogP contribution in [-0.4, -0.2) is 20.8 Å². The Balaban J connectivity index is 1.95. The fourth-order valence-electron chi connectivity index (χ4n) is 2.98. The number of halogens is 2. The number of carbonyl (C=O) groups is 1. The average Bonchev–Trinajstić information content (AvgIpc) is 2.42. The van der Waals surface area contributed by atoms with E-state index < -0.39 is 11.3 Å². The summed E-state index contributed by atoms with van der Waals surface area (Å²) in [5.41, 5.74) is 0. The molecule has 106 valence electrons. The number of aliphatic carboxylic acids is 1. The van der Waals surface area contributed by atoms with Crippen LogP contribution in [0.3, 0.4) is 0 Å². The second-order valence-corrected chi connectivity index (χ2v) is 7.49. The molecule has 1 fully saturated rings. The van der Waals surface area contributed by atoms with Crippen molar-refractivity contribution in [1.29, 1.82) is 0 Å². The number of rotatable bonds is 4. The van der Waals surface area contributed by atoms with Gasteiger partial charge in [-0.25, -0.2) is 0 Å². The molecule has 19 heavy (non-hydrogen) atoms. The Morgan fingerprint density at radius 1 is 1.32 bits per heavy atom. The highest BCUT2D eigenvalue weighted by molar-refractivity contribution is 9.10. The van der Waals surface area contributed by atoms with Gasteiger partial charge in [0.05, 0.1) is 4.32 Å². The number of carboxylic acid groups (broad SMARTS) is 1. The predicted molar refractivity (Wildman–Crippen MR) is 81.9 cm³/mol. The van der Waals surface area contributed by atoms with Crippen LogP contribution in [-0.2, 0) is 4.79 Å². The zero-order valence-electron chi connectivity index (χ0n) is 10.9. The van der Waals surface area contributed by atoms with Crippen molar-refractivity contribution in [3.8, 4) is 0 Å². The van der Waals surface area contributed by atoms with E-state index >= 15 is 0 Å². The van der Waals surface area contributed by atoms with Gasteiger partial charge in [-0.2, -0.15) is 0 Å². The molecule has 1 unspecified atom stereocenters. The first-order valence-electron chi connectivity index (χ1n) is 6.96. The Morgan fingerprint density at radius 3 is 2.42 bits per heavy atom. The van der Waals surface area contributed by atoms with Gasteiger partial charge in [-0.3, -0.25) is 4.79 Å². The van der Waals surface area contributed by atoms with Crippen LogP contribution in [0.5, 0.6) is 0 Å². The standard InChI is InChI=1S/C15H20BrClO2/c16-15(12-4-2-1-3-5-12)8-6-11(7-9-15)10-13(17)14(18)19/h6-9,11-13H,1-5,10H2,(H,18,19). The molecule has 0 aromatic carbocycles. The van der Waals surface area contributed by atoms with E-state index in [4.69, 9.17) is 16.7 Å². The highest BCUT2D eigenvalue weighted by Gasteiger charge is 2.34. The fourth-order valence-corrected chi connectivity index (χ4v) is 3.94. The first-order valence-corrected chi connectivity index (χ1v) is 8.19. The van der Waals surface area contributed by atoms with E-state index in [9.17, 15) is 4.79 Å². The lowest BCUT2D eigenvalue weighted by Crippen LogP contribution is -2.31. The summed E-state index contributed by atoms with van der Waals surface area (Å²) in [4.78, 5) is 10.8. The Kier molecular flexibility index (Phi) is 5.13. The first kappa shape index (κ1) is 15.1. The molecule has 4 heteroatoms. The van der Waals surface area contributed by atoms with E-state index in [0.717, 1.165) is 0 Å². The zero-order chi connectivity index (χ0) is 13.9. The van der Waals surface area contributed by atoms with Crippen molar-refractivity contribution in [2.24, 2.45) is 11.8 Å². The molecule has 1 atom stereocenters. The van der Waals surface area contributed by atoms with E-state index in [0.29, 0.717) is 12.3 Å². The van der Waals surface area contributed by atoms with Gasteiger partial charge in [0.25, 0.3) is 0 Å². The third-order valence-corrected chi connectivity index (χ3v) is 5.72. The minimum Gasteiger partial charge on any atom is -0.480 e. The third-order valence-electron chi connectivity index (χ3n) is 4.18. The molecular formula is C15H20BrClO2. The van der Waals surface area contributed by atoms with E-state index in [1.807, 2.05) is 0 Å². The molecule has 0 spiro atoms. The molecule has 0 aliphatic heterocycles. The molecule has 0 radical (unpaired) electrons. The number of hydrogen-bond acceptors (Lipinski definition) is 1. The molecule has 2 rings (SSSR count). The summed E-state index contributed by atoms with van der Waals surface area (Å²) in [6.45, 7) is 0. The van der Waals surface area contributed by atoms with Gasteiger partial charge in [0.15, 0.2) is 0 Å². The lowest BCUT2D eigenvalue weighted by Gasteiger charge is -2.36. The molecule has 0 aromatic rings. The van der Waals surface area contributed by atoms with E-state index in [-0.39, 0.29) is 10.2 Å². The molecule has 2 aliphatic carbocycles. The van der Waals surface area contributed by atoms with Crippen molar-refractivity contribution in [3.63, 3.8) is 0 Å². The van der Waals surface area contributed by atoms with Crippen LogP contribution in [0.1, 0.15) is 38.5 Å². The number of carboxylic acids is 1. The smallest absolute Gasteiger partial charge is 0.321 e. The van der Waals surface area contributed by atoms with E-state index in [1.165, 1.54) is 32.1 Å². The van der Waals surface area contributed by atoms with Gasteiger partial charge in [0, 0.05) is 0 Å². The molecule has 0 bridgehead atoms. The van der Waals surface area contributed by atoms with Gasteiger partial charge in [-0.1, -0.05) is 59.5 Å². The molecule has 2 nitrogen and oxygen atoms in total. The van der Waals surface area contributed by atoms with Crippen LogP contribution >= 0.6 is 27.5 Å². The van der Waals surface area contributed by atoms with Gasteiger partial charge in [-0.15, -0.1) is 11.6 Å². The molecule has 2 aliphatic rings. The SMILES string of the molecule is O=C(O)C(Cl)CC1C=CC(Br)(C2CCCCC2)C=C1. The van der Waals surface area contributed by atoms with Crippen LogP contribution < -0.4 is 0 Å². The molecule has 0 amide bonds. The van der Waals surface area contributed by atoms with Crippen molar-refractivity contribution in [3.05, 3.63) is 24.3 Å². The van der Waals surface area contributed by atoms with Crippen molar-refractivity contribution >= 4 is 33.5 Å². The summed E-state index contributed by atoms with van der Waals surface area (Å²) < 4.78 is -0.0328. The van der Waals surface area contributed by atoms with E-state index in [2.05, 4.69) is 40.2 Å². The lowest BCUT2D eigenvalue weighted by molar-refractivity contribution is -0.136. The van der Waals surface area contributed by atoms with Crippen molar-refractivity contribution in [2.75, 3.05) is 0 Å². The molecule has 1 saturated carbocycles. The lowest BCUT2D eigenvalue weighted by atomic mass is 9.77. The molecule has 1 N–H and O–H groups in total. The van der Waals surface area contributed by atoms with Gasteiger partial charge in [0.2, 0.25) is 0 Å². The van der Waals surface area contributed by atoms with Gasteiger partial charge in [0.1, 0.15) is 5.38 Å². The first-order chi connectivity index (χ1) is 9.01. The predicted octanol–water partition coefficient (Wildman–Crippen LogP) is 4.52. The molecule has 0 saturated heterocycles. The normalized spacial score (nSPS) is 33.3. The van der Waals surface area contributed by atoms with Crippen molar-refractivity contribution < 1.29 is 9.90 Å². The highest BCUT2D eigenvalue weighted by atomic mass is 79.9. The number of allylic oxidation sites excluding steroid dienone is 4. The topological polar surface area (TPSA) is 37.3 Å². The Morgan fingerprint density at radius 2 is 1.89 bits per heavy atom. The molecule has 0 heterocycles. The van der Waals surface area contributed by atoms with Crippen LogP contribution in [0, 0.1) is 11.8 Å². The summed E-state index contributed by atoms with van der Waals surface area (Å²) in [5.74, 6) is -0.153. The van der Waals surface area contributed by atoms with Gasteiger partial charge >= 0.3 is 5.97 Å². The van der Waals surface area contributed by atoms with Crippen molar-refractivity contribution in [1.82, 2.24) is 0 Å². The number of hydrogen-bond donors (Lipinski definition) is 1. The fraction of sp³-hybridized carbons (Fsp3) is 0.667. The summed E-state index contributed by atoms with van der Waals surface area (Å²) >= 11 is 9.65. The monoisotopic (exact) mass is 346 g/mol. The third kappa shape index (κ3) is 3.85. The van der Waals surface area contributed by atoms with Gasteiger partial charge in [-0.05, 0) is 31.1 Å². The van der Waals surface area contributed by atoms with Crippen molar-refractivity contribution in [2.45, 2.75) is 48.2 Å². The largest absolute Gasteiger partial charge is 0.480 e. The maximum Gasteiger partial charge on any atom is 0.321 e. The second kappa shape index (κ2) is 6.45. The Hall–Kier alpha value is -0.280.